The average Bonchev–Trinajstić information content (AvgIpc) is 2.37. The van der Waals surface area contributed by atoms with E-state index in [1.54, 1.807) is 0 Å². The van der Waals surface area contributed by atoms with E-state index in [0.29, 0.717) is 26.1 Å². The first-order valence-corrected chi connectivity index (χ1v) is 9.20. The minimum absolute atomic E-state index is 0.175. The fraction of sp³-hybridized carbons (Fsp3) is 0.455. The van der Waals surface area contributed by atoms with E-state index in [4.69, 9.17) is 9.88 Å². The van der Waals surface area contributed by atoms with E-state index in [-0.39, 0.29) is 5.69 Å². The molecule has 0 radical (unpaired) electrons. The highest BCUT2D eigenvalue weighted by Gasteiger charge is 2.28. The molecule has 0 amide bonds. The van der Waals surface area contributed by atoms with Crippen LogP contribution in [0.1, 0.15) is 12.8 Å². The van der Waals surface area contributed by atoms with Gasteiger partial charge in [0.05, 0.1) is 15.8 Å². The summed E-state index contributed by atoms with van der Waals surface area (Å²) >= 11 is 0. The number of anilines is 1. The predicted octanol–water partition coefficient (Wildman–Crippen LogP) is 0.394. The number of sulfonamides is 2. The fourth-order valence-electron chi connectivity index (χ4n) is 2.02. The van der Waals surface area contributed by atoms with Gasteiger partial charge in [-0.1, -0.05) is 0 Å². The molecule has 7 nitrogen and oxygen atoms in total. The Hall–Kier alpha value is -1.23. The number of hydrogen-bond acceptors (Lipinski definition) is 5. The molecule has 1 saturated heterocycles. The monoisotopic (exact) mass is 338 g/mol. The zero-order valence-electron chi connectivity index (χ0n) is 11.0. The van der Waals surface area contributed by atoms with Crippen molar-refractivity contribution in [3.63, 3.8) is 0 Å². The summed E-state index contributed by atoms with van der Waals surface area (Å²) in [5, 5.41) is 4.25. The van der Waals surface area contributed by atoms with Gasteiger partial charge >= 0.3 is 0 Å². The summed E-state index contributed by atoms with van der Waals surface area (Å²) in [5.74, 6) is -0.897. The first kappa shape index (κ1) is 16.1. The van der Waals surface area contributed by atoms with Gasteiger partial charge in [-0.15, -0.1) is 0 Å². The van der Waals surface area contributed by atoms with E-state index in [1.807, 2.05) is 0 Å². The van der Waals surface area contributed by atoms with E-state index in [0.717, 1.165) is 18.2 Å². The summed E-state index contributed by atoms with van der Waals surface area (Å²) in [6, 6.07) is 2.60. The maximum absolute atomic E-state index is 13.4. The summed E-state index contributed by atoms with van der Waals surface area (Å²) in [6.45, 7) is 0.661. The number of halogens is 1. The van der Waals surface area contributed by atoms with Crippen molar-refractivity contribution in [3.8, 4) is 0 Å². The highest BCUT2D eigenvalue weighted by molar-refractivity contribution is 7.93. The number of nitrogens with one attached hydrogen (secondary N) is 1. The smallest absolute Gasteiger partial charge is 0.238 e. The zero-order valence-corrected chi connectivity index (χ0v) is 12.6. The van der Waals surface area contributed by atoms with Crippen LogP contribution in [-0.2, 0) is 24.8 Å². The van der Waals surface area contributed by atoms with Gasteiger partial charge in [0.2, 0.25) is 20.0 Å². The Bertz CT molecular complexity index is 727. The second-order valence-electron chi connectivity index (χ2n) is 4.68. The largest absolute Gasteiger partial charge is 0.381 e. The van der Waals surface area contributed by atoms with Gasteiger partial charge in [-0.3, -0.25) is 4.72 Å². The molecule has 3 N–H and O–H groups in total. The van der Waals surface area contributed by atoms with Gasteiger partial charge in [0.1, 0.15) is 5.82 Å². The number of benzene rings is 1. The summed E-state index contributed by atoms with van der Waals surface area (Å²) < 4.78 is 67.4. The molecule has 0 aromatic heterocycles. The van der Waals surface area contributed by atoms with Crippen LogP contribution in [0.25, 0.3) is 0 Å². The Morgan fingerprint density at radius 1 is 1.14 bits per heavy atom. The first-order valence-electron chi connectivity index (χ1n) is 6.11. The van der Waals surface area contributed by atoms with Crippen molar-refractivity contribution < 1.29 is 26.0 Å². The lowest BCUT2D eigenvalue weighted by molar-refractivity contribution is 0.0984. The summed E-state index contributed by atoms with van der Waals surface area (Å²) in [5.41, 5.74) is -0.175. The summed E-state index contributed by atoms with van der Waals surface area (Å²) in [7, 11) is -7.87. The van der Waals surface area contributed by atoms with Gasteiger partial charge < -0.3 is 4.74 Å². The Balaban J connectivity index is 2.28. The average molecular weight is 338 g/mol. The van der Waals surface area contributed by atoms with Gasteiger partial charge in [-0.05, 0) is 31.0 Å². The van der Waals surface area contributed by atoms with Crippen molar-refractivity contribution in [2.24, 2.45) is 5.14 Å². The third kappa shape index (κ3) is 4.13. The van der Waals surface area contributed by atoms with E-state index < -0.39 is 36.0 Å². The molecular weight excluding hydrogens is 323 g/mol. The maximum Gasteiger partial charge on any atom is 0.238 e. The van der Waals surface area contributed by atoms with Crippen molar-refractivity contribution in [1.29, 1.82) is 0 Å². The second kappa shape index (κ2) is 5.87. The quantitative estimate of drug-likeness (QED) is 0.824. The van der Waals surface area contributed by atoms with Crippen molar-refractivity contribution in [3.05, 3.63) is 24.0 Å². The molecule has 0 bridgehead atoms. The molecule has 0 aliphatic carbocycles. The molecule has 1 aromatic carbocycles. The molecule has 1 aliphatic rings. The predicted molar refractivity (Wildman–Crippen MR) is 74.2 cm³/mol. The van der Waals surface area contributed by atoms with Gasteiger partial charge in [0.25, 0.3) is 0 Å². The number of nitrogens with two attached hydrogens (primary N) is 1. The SMILES string of the molecule is NS(=O)(=O)c1cc(F)cc(NS(=O)(=O)C2CCOCC2)c1. The molecule has 1 aromatic rings. The molecule has 0 unspecified atom stereocenters. The van der Waals surface area contributed by atoms with Crippen molar-refractivity contribution >= 4 is 25.7 Å². The van der Waals surface area contributed by atoms with Crippen LogP contribution in [0.2, 0.25) is 0 Å². The number of rotatable bonds is 4. The molecular formula is C11H15FN2O5S2. The van der Waals surface area contributed by atoms with Crippen molar-refractivity contribution in [2.75, 3.05) is 17.9 Å². The molecule has 1 fully saturated rings. The van der Waals surface area contributed by atoms with E-state index in [9.17, 15) is 21.2 Å². The maximum atomic E-state index is 13.4. The minimum Gasteiger partial charge on any atom is -0.381 e. The molecule has 118 valence electrons. The molecule has 0 spiro atoms. The third-order valence-corrected chi connectivity index (χ3v) is 5.83. The normalized spacial score (nSPS) is 17.6. The van der Waals surface area contributed by atoms with Crippen LogP contribution < -0.4 is 9.86 Å². The van der Waals surface area contributed by atoms with Crippen LogP contribution in [-0.4, -0.2) is 35.3 Å². The molecule has 1 heterocycles. The van der Waals surface area contributed by atoms with Crippen molar-refractivity contribution in [1.82, 2.24) is 0 Å². The molecule has 0 saturated carbocycles. The molecule has 2 rings (SSSR count). The lowest BCUT2D eigenvalue weighted by Crippen LogP contribution is -2.33. The molecule has 21 heavy (non-hydrogen) atoms. The number of hydrogen-bond donors (Lipinski definition) is 2. The second-order valence-corrected chi connectivity index (χ2v) is 8.20. The van der Waals surface area contributed by atoms with Crippen LogP contribution in [0.3, 0.4) is 0 Å². The van der Waals surface area contributed by atoms with Crippen LogP contribution in [0.5, 0.6) is 0 Å². The standard InChI is InChI=1S/C11H15FN2O5S2/c12-8-5-9(7-11(6-8)20(13,15)16)14-21(17,18)10-1-3-19-4-2-10/h5-7,10,14H,1-4H2,(H2,13,15,16). The van der Waals surface area contributed by atoms with E-state index >= 15 is 0 Å². The van der Waals surface area contributed by atoms with E-state index in [1.165, 1.54) is 0 Å². The lowest BCUT2D eigenvalue weighted by atomic mass is 10.2. The minimum atomic E-state index is -4.12. The van der Waals surface area contributed by atoms with Crippen LogP contribution in [0, 0.1) is 5.82 Å². The first-order chi connectivity index (χ1) is 9.68. The van der Waals surface area contributed by atoms with Gasteiger partial charge in [-0.25, -0.2) is 26.4 Å². The third-order valence-electron chi connectivity index (χ3n) is 3.07. The highest BCUT2D eigenvalue weighted by atomic mass is 32.2. The summed E-state index contributed by atoms with van der Waals surface area (Å²) in [4.78, 5) is -0.493. The fourth-order valence-corrected chi connectivity index (χ4v) is 4.01. The Labute approximate surface area is 122 Å². The van der Waals surface area contributed by atoms with Crippen LogP contribution in [0.4, 0.5) is 10.1 Å². The van der Waals surface area contributed by atoms with Gasteiger partial charge in [-0.2, -0.15) is 0 Å². The lowest BCUT2D eigenvalue weighted by Gasteiger charge is -2.22. The Morgan fingerprint density at radius 3 is 2.33 bits per heavy atom. The van der Waals surface area contributed by atoms with Crippen LogP contribution in [0.15, 0.2) is 23.1 Å². The van der Waals surface area contributed by atoms with Crippen molar-refractivity contribution in [2.45, 2.75) is 23.0 Å². The highest BCUT2D eigenvalue weighted by Crippen LogP contribution is 2.22. The Kier molecular flexibility index (Phi) is 4.51. The van der Waals surface area contributed by atoms with Gasteiger partial charge in [0.15, 0.2) is 0 Å². The molecule has 10 heteroatoms. The molecule has 0 atom stereocenters. The summed E-state index contributed by atoms with van der Waals surface area (Å²) in [6.07, 6.45) is 0.652. The number of primary sulfonamides is 1. The Morgan fingerprint density at radius 2 is 1.76 bits per heavy atom. The topological polar surface area (TPSA) is 116 Å². The van der Waals surface area contributed by atoms with E-state index in [2.05, 4.69) is 4.72 Å². The zero-order chi connectivity index (χ0) is 15.7. The van der Waals surface area contributed by atoms with Crippen LogP contribution >= 0.6 is 0 Å². The number of ether oxygens (including phenoxy) is 1. The van der Waals surface area contributed by atoms with Gasteiger partial charge in [0, 0.05) is 13.2 Å². The molecule has 1 aliphatic heterocycles.